The molecule has 0 aromatic heterocycles. The van der Waals surface area contributed by atoms with Crippen molar-refractivity contribution in [2.45, 2.75) is 20.3 Å². The largest absolute Gasteiger partial charge is 0.352 e. The Labute approximate surface area is 119 Å². The Kier molecular flexibility index (Phi) is 5.52. The second kappa shape index (κ2) is 6.67. The van der Waals surface area contributed by atoms with Crippen LogP contribution >= 0.6 is 22.6 Å². The van der Waals surface area contributed by atoms with Gasteiger partial charge in [-0.3, -0.25) is 14.9 Å². The van der Waals surface area contributed by atoms with Crippen LogP contribution in [-0.2, 0) is 0 Å². The van der Waals surface area contributed by atoms with E-state index in [0.717, 1.165) is 6.42 Å². The van der Waals surface area contributed by atoms with E-state index in [4.69, 9.17) is 0 Å². The van der Waals surface area contributed by atoms with E-state index in [9.17, 15) is 14.9 Å². The van der Waals surface area contributed by atoms with E-state index in [-0.39, 0.29) is 11.6 Å². The molecule has 5 nitrogen and oxygen atoms in total. The first-order valence-corrected chi connectivity index (χ1v) is 6.75. The van der Waals surface area contributed by atoms with Crippen LogP contribution in [0.15, 0.2) is 18.2 Å². The van der Waals surface area contributed by atoms with Crippen LogP contribution in [0.3, 0.4) is 0 Å². The maximum Gasteiger partial charge on any atom is 0.270 e. The Morgan fingerprint density at radius 3 is 2.78 bits per heavy atom. The number of hydrogen-bond acceptors (Lipinski definition) is 3. The Bertz CT molecular complexity index is 463. The van der Waals surface area contributed by atoms with Crippen molar-refractivity contribution in [3.8, 4) is 0 Å². The minimum Gasteiger partial charge on any atom is -0.352 e. The fourth-order valence-corrected chi connectivity index (χ4v) is 1.89. The number of rotatable bonds is 5. The van der Waals surface area contributed by atoms with Gasteiger partial charge in [0.15, 0.2) is 0 Å². The van der Waals surface area contributed by atoms with Gasteiger partial charge >= 0.3 is 0 Å². The third-order valence-corrected chi connectivity index (χ3v) is 3.65. The number of benzene rings is 1. The summed E-state index contributed by atoms with van der Waals surface area (Å²) in [6, 6.07) is 4.29. The van der Waals surface area contributed by atoms with Gasteiger partial charge < -0.3 is 5.32 Å². The van der Waals surface area contributed by atoms with E-state index in [1.807, 2.05) is 36.4 Å². The number of carbonyl (C=O) groups excluding carboxylic acids is 1. The maximum absolute atomic E-state index is 11.9. The van der Waals surface area contributed by atoms with Crippen LogP contribution in [0, 0.1) is 19.6 Å². The molecule has 0 heterocycles. The van der Waals surface area contributed by atoms with Crippen LogP contribution in [0.4, 0.5) is 5.69 Å². The molecule has 0 saturated heterocycles. The summed E-state index contributed by atoms with van der Waals surface area (Å²) < 4.78 is 0.708. The molecule has 0 aliphatic carbocycles. The lowest BCUT2D eigenvalue weighted by molar-refractivity contribution is -0.384. The molecule has 1 atom stereocenters. The molecule has 0 bridgehead atoms. The first-order chi connectivity index (χ1) is 8.45. The van der Waals surface area contributed by atoms with E-state index >= 15 is 0 Å². The first kappa shape index (κ1) is 14.9. The summed E-state index contributed by atoms with van der Waals surface area (Å²) in [7, 11) is 0. The average molecular weight is 362 g/mol. The molecule has 1 N–H and O–H groups in total. The Balaban J connectivity index is 2.84. The van der Waals surface area contributed by atoms with Crippen molar-refractivity contribution in [2.24, 2.45) is 5.92 Å². The summed E-state index contributed by atoms with van der Waals surface area (Å²) in [5.41, 5.74) is 0.289. The van der Waals surface area contributed by atoms with Gasteiger partial charge in [-0.2, -0.15) is 0 Å². The molecule has 1 aromatic carbocycles. The number of nitrogens with one attached hydrogen (secondary N) is 1. The van der Waals surface area contributed by atoms with Crippen molar-refractivity contribution in [3.63, 3.8) is 0 Å². The summed E-state index contributed by atoms with van der Waals surface area (Å²) in [6.07, 6.45) is 0.978. The normalized spacial score (nSPS) is 11.9. The van der Waals surface area contributed by atoms with Crippen LogP contribution < -0.4 is 5.32 Å². The lowest BCUT2D eigenvalue weighted by Crippen LogP contribution is -2.28. The van der Waals surface area contributed by atoms with Crippen molar-refractivity contribution in [3.05, 3.63) is 37.4 Å². The molecule has 0 radical (unpaired) electrons. The van der Waals surface area contributed by atoms with Crippen molar-refractivity contribution >= 4 is 34.2 Å². The highest BCUT2D eigenvalue weighted by Crippen LogP contribution is 2.19. The van der Waals surface area contributed by atoms with Crippen molar-refractivity contribution < 1.29 is 9.72 Å². The zero-order chi connectivity index (χ0) is 13.7. The monoisotopic (exact) mass is 362 g/mol. The zero-order valence-corrected chi connectivity index (χ0v) is 12.4. The van der Waals surface area contributed by atoms with Crippen molar-refractivity contribution in [2.75, 3.05) is 6.54 Å². The highest BCUT2D eigenvalue weighted by Gasteiger charge is 2.15. The predicted octanol–water partition coefficient (Wildman–Crippen LogP) is 2.98. The Morgan fingerprint density at radius 1 is 1.56 bits per heavy atom. The maximum atomic E-state index is 11.9. The second-order valence-corrected chi connectivity index (χ2v) is 5.31. The first-order valence-electron chi connectivity index (χ1n) is 5.67. The topological polar surface area (TPSA) is 72.2 Å². The second-order valence-electron chi connectivity index (χ2n) is 4.14. The van der Waals surface area contributed by atoms with Crippen LogP contribution in [0.5, 0.6) is 0 Å². The number of nitrogens with zero attached hydrogens (tertiary/aromatic N) is 1. The van der Waals surface area contributed by atoms with Crippen LogP contribution in [0.2, 0.25) is 0 Å². The van der Waals surface area contributed by atoms with E-state index in [1.165, 1.54) is 12.1 Å². The number of nitro groups is 1. The van der Waals surface area contributed by atoms with E-state index in [0.29, 0.717) is 21.6 Å². The molecule has 1 amide bonds. The molecule has 1 aromatic rings. The molecular weight excluding hydrogens is 347 g/mol. The van der Waals surface area contributed by atoms with Gasteiger partial charge in [0.1, 0.15) is 0 Å². The summed E-state index contributed by atoms with van der Waals surface area (Å²) >= 11 is 2.00. The number of nitro benzene ring substituents is 1. The number of non-ortho nitro benzene ring substituents is 1. The zero-order valence-electron chi connectivity index (χ0n) is 10.3. The summed E-state index contributed by atoms with van der Waals surface area (Å²) in [4.78, 5) is 22.1. The fourth-order valence-electron chi connectivity index (χ4n) is 1.31. The lowest BCUT2D eigenvalue weighted by Gasteiger charge is -2.10. The lowest BCUT2D eigenvalue weighted by atomic mass is 10.1. The standard InChI is InChI=1S/C12H15IN2O3/c1-3-8(2)7-14-12(16)10-6-9(15(17)18)4-5-11(10)13/h4-6,8H,3,7H2,1-2H3,(H,14,16). The SMILES string of the molecule is CCC(C)CNC(=O)c1cc([N+](=O)[O-])ccc1I. The molecule has 1 rings (SSSR count). The molecule has 0 aliphatic heterocycles. The van der Waals surface area contributed by atoms with Crippen LogP contribution in [0.1, 0.15) is 30.6 Å². The average Bonchev–Trinajstić information content (AvgIpc) is 2.35. The van der Waals surface area contributed by atoms with E-state index in [1.54, 1.807) is 6.07 Å². The highest BCUT2D eigenvalue weighted by atomic mass is 127. The quantitative estimate of drug-likeness (QED) is 0.497. The van der Waals surface area contributed by atoms with Gasteiger partial charge in [-0.25, -0.2) is 0 Å². The van der Waals surface area contributed by atoms with Crippen molar-refractivity contribution in [1.29, 1.82) is 0 Å². The molecule has 98 valence electrons. The molecule has 1 unspecified atom stereocenters. The molecule has 6 heteroatoms. The molecular formula is C12H15IN2O3. The summed E-state index contributed by atoms with van der Waals surface area (Å²) in [5.74, 6) is 0.133. The summed E-state index contributed by atoms with van der Waals surface area (Å²) in [6.45, 7) is 4.67. The minimum atomic E-state index is -0.498. The minimum absolute atomic E-state index is 0.0656. The van der Waals surface area contributed by atoms with Crippen LogP contribution in [0.25, 0.3) is 0 Å². The Morgan fingerprint density at radius 2 is 2.22 bits per heavy atom. The van der Waals surface area contributed by atoms with E-state index in [2.05, 4.69) is 5.32 Å². The predicted molar refractivity (Wildman–Crippen MR) is 77.6 cm³/mol. The number of hydrogen-bond donors (Lipinski definition) is 1. The van der Waals surface area contributed by atoms with E-state index < -0.39 is 4.92 Å². The van der Waals surface area contributed by atoms with Gasteiger partial charge in [-0.15, -0.1) is 0 Å². The van der Waals surface area contributed by atoms with Gasteiger partial charge in [0.2, 0.25) is 0 Å². The molecule has 0 saturated carbocycles. The van der Waals surface area contributed by atoms with Crippen LogP contribution in [-0.4, -0.2) is 17.4 Å². The molecule has 0 aliphatic rings. The third-order valence-electron chi connectivity index (χ3n) is 2.71. The van der Waals surface area contributed by atoms with Gasteiger partial charge in [-0.1, -0.05) is 20.3 Å². The molecule has 18 heavy (non-hydrogen) atoms. The number of carbonyl (C=O) groups is 1. The van der Waals surface area contributed by atoms with Gasteiger partial charge in [0, 0.05) is 22.2 Å². The number of amides is 1. The Hall–Kier alpha value is -1.18. The van der Waals surface area contributed by atoms with Gasteiger partial charge in [0.05, 0.1) is 10.5 Å². The van der Waals surface area contributed by atoms with Gasteiger partial charge in [0.25, 0.3) is 11.6 Å². The third kappa shape index (κ3) is 3.94. The summed E-state index contributed by atoms with van der Waals surface area (Å²) in [5, 5.41) is 13.5. The molecule has 0 spiro atoms. The number of halogens is 1. The fraction of sp³-hybridized carbons (Fsp3) is 0.417. The highest BCUT2D eigenvalue weighted by molar-refractivity contribution is 14.1. The smallest absolute Gasteiger partial charge is 0.270 e. The van der Waals surface area contributed by atoms with Crippen molar-refractivity contribution in [1.82, 2.24) is 5.32 Å². The van der Waals surface area contributed by atoms with Gasteiger partial charge in [-0.05, 0) is 34.6 Å². The molecule has 0 fully saturated rings.